The van der Waals surface area contributed by atoms with Crippen molar-refractivity contribution >= 4 is 5.91 Å². The molecule has 0 saturated carbocycles. The number of rotatable bonds is 4. The molecule has 2 aliphatic heterocycles. The number of likely N-dealkylation sites (N-methyl/N-ethyl adjacent to an activating group) is 1. The molecule has 7 heteroatoms. The molecule has 1 amide bonds. The van der Waals surface area contributed by atoms with Gasteiger partial charge in [-0.1, -0.05) is 12.1 Å². The van der Waals surface area contributed by atoms with Gasteiger partial charge in [-0.2, -0.15) is 0 Å². The van der Waals surface area contributed by atoms with Gasteiger partial charge in [-0.05, 0) is 25.0 Å². The summed E-state index contributed by atoms with van der Waals surface area (Å²) in [5, 5.41) is 0. The van der Waals surface area contributed by atoms with Crippen molar-refractivity contribution in [3.63, 3.8) is 0 Å². The first kappa shape index (κ1) is 18.8. The second kappa shape index (κ2) is 7.85. The molecule has 2 fully saturated rings. The van der Waals surface area contributed by atoms with Crippen molar-refractivity contribution in [2.45, 2.75) is 25.0 Å². The highest BCUT2D eigenvalue weighted by Gasteiger charge is 2.41. The van der Waals surface area contributed by atoms with E-state index in [0.29, 0.717) is 12.4 Å². The summed E-state index contributed by atoms with van der Waals surface area (Å²) in [4.78, 5) is 24.9. The van der Waals surface area contributed by atoms with Crippen LogP contribution in [-0.2, 0) is 16.1 Å². The summed E-state index contributed by atoms with van der Waals surface area (Å²) < 4.78 is 11.3. The van der Waals surface area contributed by atoms with E-state index in [-0.39, 0.29) is 18.1 Å². The van der Waals surface area contributed by atoms with Gasteiger partial charge in [-0.25, -0.2) is 9.97 Å². The van der Waals surface area contributed by atoms with Gasteiger partial charge < -0.3 is 14.4 Å². The molecule has 1 aromatic heterocycles. The molecule has 0 aliphatic carbocycles. The van der Waals surface area contributed by atoms with Gasteiger partial charge in [0.25, 0.3) is 0 Å². The summed E-state index contributed by atoms with van der Waals surface area (Å²) in [6, 6.07) is 7.76. The van der Waals surface area contributed by atoms with Crippen LogP contribution >= 0.6 is 0 Å². The summed E-state index contributed by atoms with van der Waals surface area (Å²) in [5.74, 6) is 1.51. The molecule has 0 N–H and O–H groups in total. The highest BCUT2D eigenvalue weighted by atomic mass is 16.5. The highest BCUT2D eigenvalue weighted by Crippen LogP contribution is 2.31. The predicted molar refractivity (Wildman–Crippen MR) is 105 cm³/mol. The van der Waals surface area contributed by atoms with Crippen molar-refractivity contribution < 1.29 is 14.3 Å². The quantitative estimate of drug-likeness (QED) is 0.806. The molecule has 1 aromatic carbocycles. The number of benzene rings is 1. The van der Waals surface area contributed by atoms with Crippen molar-refractivity contribution in [1.29, 1.82) is 0 Å². The Kier molecular flexibility index (Phi) is 5.28. The predicted octanol–water partition coefficient (Wildman–Crippen LogP) is 1.98. The molecular formula is C21H26N4O3. The maximum absolute atomic E-state index is 11.7. The standard InChI is InChI=1S/C21H26N4O3/c1-24-15-21(28-14-19(24)26)7-9-25(10-8-21)13-16-11-22-20(23-12-16)17-5-3-4-6-18(17)27-2/h3-6,11-12H,7-10,13-15H2,1-2H3. The largest absolute Gasteiger partial charge is 0.496 e. The maximum atomic E-state index is 11.7. The lowest BCUT2D eigenvalue weighted by Crippen LogP contribution is -2.57. The zero-order valence-electron chi connectivity index (χ0n) is 16.4. The number of nitrogens with zero attached hydrogens (tertiary/aromatic N) is 4. The molecule has 0 bridgehead atoms. The van der Waals surface area contributed by atoms with E-state index in [1.807, 2.05) is 43.7 Å². The van der Waals surface area contributed by atoms with E-state index in [1.54, 1.807) is 12.0 Å². The fraction of sp³-hybridized carbons (Fsp3) is 0.476. The van der Waals surface area contributed by atoms with Crippen LogP contribution in [0.15, 0.2) is 36.7 Å². The Balaban J connectivity index is 1.36. The molecule has 0 atom stereocenters. The van der Waals surface area contributed by atoms with Gasteiger partial charge >= 0.3 is 0 Å². The molecule has 2 saturated heterocycles. The molecular weight excluding hydrogens is 356 g/mol. The number of para-hydroxylation sites is 1. The third-order valence-electron chi connectivity index (χ3n) is 5.68. The Hall–Kier alpha value is -2.51. The van der Waals surface area contributed by atoms with Crippen LogP contribution in [0.1, 0.15) is 18.4 Å². The minimum atomic E-state index is -0.177. The Morgan fingerprint density at radius 1 is 1.18 bits per heavy atom. The molecule has 28 heavy (non-hydrogen) atoms. The van der Waals surface area contributed by atoms with Crippen LogP contribution in [-0.4, -0.2) is 71.7 Å². The summed E-state index contributed by atoms with van der Waals surface area (Å²) in [6.45, 7) is 3.59. The fourth-order valence-corrected chi connectivity index (χ4v) is 3.98. The average molecular weight is 382 g/mol. The first-order chi connectivity index (χ1) is 13.6. The fourth-order valence-electron chi connectivity index (χ4n) is 3.98. The number of hydrogen-bond donors (Lipinski definition) is 0. The van der Waals surface area contributed by atoms with Gasteiger partial charge in [-0.3, -0.25) is 9.69 Å². The number of hydrogen-bond acceptors (Lipinski definition) is 6. The molecule has 2 aromatic rings. The molecule has 148 valence electrons. The smallest absolute Gasteiger partial charge is 0.248 e. The van der Waals surface area contributed by atoms with E-state index >= 15 is 0 Å². The van der Waals surface area contributed by atoms with Crippen LogP contribution < -0.4 is 4.74 Å². The zero-order valence-corrected chi connectivity index (χ0v) is 16.4. The van der Waals surface area contributed by atoms with Gasteiger partial charge in [0, 0.05) is 51.2 Å². The average Bonchev–Trinajstić information content (AvgIpc) is 2.73. The summed E-state index contributed by atoms with van der Waals surface area (Å²) in [5.41, 5.74) is 1.81. The van der Waals surface area contributed by atoms with Crippen LogP contribution in [0.3, 0.4) is 0 Å². The molecule has 7 nitrogen and oxygen atoms in total. The van der Waals surface area contributed by atoms with Crippen LogP contribution in [0.2, 0.25) is 0 Å². The summed E-state index contributed by atoms with van der Waals surface area (Å²) in [7, 11) is 3.51. The number of carbonyl (C=O) groups is 1. The lowest BCUT2D eigenvalue weighted by molar-refractivity contribution is -0.169. The number of carbonyl (C=O) groups excluding carboxylic acids is 1. The third-order valence-corrected chi connectivity index (χ3v) is 5.68. The van der Waals surface area contributed by atoms with Crippen molar-refractivity contribution in [3.05, 3.63) is 42.2 Å². The molecule has 0 radical (unpaired) electrons. The van der Waals surface area contributed by atoms with E-state index in [9.17, 15) is 4.79 Å². The number of morpholine rings is 1. The number of likely N-dealkylation sites (tertiary alicyclic amines) is 1. The van der Waals surface area contributed by atoms with E-state index in [4.69, 9.17) is 9.47 Å². The summed E-state index contributed by atoms with van der Waals surface area (Å²) >= 11 is 0. The minimum absolute atomic E-state index is 0.0698. The third kappa shape index (κ3) is 3.86. The Labute approximate surface area is 165 Å². The van der Waals surface area contributed by atoms with Gasteiger partial charge in [0.05, 0.1) is 18.3 Å². The van der Waals surface area contributed by atoms with Crippen LogP contribution in [0.25, 0.3) is 11.4 Å². The number of ether oxygens (including phenoxy) is 2. The molecule has 1 spiro atoms. The SMILES string of the molecule is COc1ccccc1-c1ncc(CN2CCC3(CC2)CN(C)C(=O)CO3)cn1. The number of methoxy groups -OCH3 is 1. The monoisotopic (exact) mass is 382 g/mol. The lowest BCUT2D eigenvalue weighted by Gasteiger charge is -2.46. The van der Waals surface area contributed by atoms with Gasteiger partial charge in [0.15, 0.2) is 5.82 Å². The maximum Gasteiger partial charge on any atom is 0.248 e. The summed E-state index contributed by atoms with van der Waals surface area (Å²) in [6.07, 6.45) is 5.65. The zero-order chi connectivity index (χ0) is 19.6. The van der Waals surface area contributed by atoms with Crippen LogP contribution in [0.5, 0.6) is 5.75 Å². The number of piperidine rings is 1. The van der Waals surface area contributed by atoms with Gasteiger partial charge in [-0.15, -0.1) is 0 Å². The molecule has 2 aliphatic rings. The molecule has 3 heterocycles. The van der Waals surface area contributed by atoms with Crippen molar-refractivity contribution in [2.24, 2.45) is 0 Å². The Morgan fingerprint density at radius 2 is 1.89 bits per heavy atom. The Bertz CT molecular complexity index is 832. The lowest BCUT2D eigenvalue weighted by atomic mass is 9.89. The number of amides is 1. The van der Waals surface area contributed by atoms with Crippen molar-refractivity contribution in [3.8, 4) is 17.1 Å². The topological polar surface area (TPSA) is 67.8 Å². The van der Waals surface area contributed by atoms with Crippen LogP contribution in [0, 0.1) is 0 Å². The Morgan fingerprint density at radius 3 is 2.57 bits per heavy atom. The van der Waals surface area contributed by atoms with E-state index in [2.05, 4.69) is 14.9 Å². The highest BCUT2D eigenvalue weighted by molar-refractivity contribution is 5.78. The first-order valence-corrected chi connectivity index (χ1v) is 9.63. The van der Waals surface area contributed by atoms with Crippen LogP contribution in [0.4, 0.5) is 0 Å². The van der Waals surface area contributed by atoms with E-state index in [1.165, 1.54) is 0 Å². The van der Waals surface area contributed by atoms with Gasteiger partial charge in [0.1, 0.15) is 12.4 Å². The minimum Gasteiger partial charge on any atom is -0.496 e. The molecule has 4 rings (SSSR count). The second-order valence-corrected chi connectivity index (χ2v) is 7.61. The first-order valence-electron chi connectivity index (χ1n) is 9.63. The second-order valence-electron chi connectivity index (χ2n) is 7.61. The van der Waals surface area contributed by atoms with Gasteiger partial charge in [0.2, 0.25) is 5.91 Å². The van der Waals surface area contributed by atoms with Crippen molar-refractivity contribution in [2.75, 3.05) is 40.4 Å². The van der Waals surface area contributed by atoms with E-state index < -0.39 is 0 Å². The van der Waals surface area contributed by atoms with Crippen molar-refractivity contribution in [1.82, 2.24) is 19.8 Å². The molecule has 0 unspecified atom stereocenters. The normalized spacial score (nSPS) is 19.8. The number of aromatic nitrogens is 2. The van der Waals surface area contributed by atoms with E-state index in [0.717, 1.165) is 49.4 Å².